The molecule has 0 radical (unpaired) electrons. The van der Waals surface area contributed by atoms with Crippen molar-refractivity contribution in [3.63, 3.8) is 0 Å². The van der Waals surface area contributed by atoms with Gasteiger partial charge in [0.1, 0.15) is 22.6 Å². The fourth-order valence-corrected chi connectivity index (χ4v) is 5.77. The number of nitrogens with zero attached hydrogens (tertiary/aromatic N) is 2. The molecular formula is C26H33F3N4O3S2. The first-order valence-electron chi connectivity index (χ1n) is 11.9. The SMILES string of the molecule is C=C(/C(F)=C\C(F)=C/C)n1nc(/C=C/S(=O)NNCC)c2c1C(Cc1cccc(F)c1)CS(=O)C2.CCO. The number of hydrogen-bond donors (Lipinski definition) is 3. The summed E-state index contributed by atoms with van der Waals surface area (Å²) in [5.41, 5.74) is 4.73. The lowest BCUT2D eigenvalue weighted by molar-refractivity contribution is 0.318. The van der Waals surface area contributed by atoms with Crippen molar-refractivity contribution in [1.82, 2.24) is 20.0 Å². The van der Waals surface area contributed by atoms with E-state index < -0.39 is 45.2 Å². The molecule has 0 spiro atoms. The van der Waals surface area contributed by atoms with Gasteiger partial charge in [0.05, 0.1) is 22.8 Å². The highest BCUT2D eigenvalue weighted by molar-refractivity contribution is 7.86. The summed E-state index contributed by atoms with van der Waals surface area (Å²) in [5, 5.41) is 13.4. The zero-order chi connectivity index (χ0) is 28.2. The molecule has 7 nitrogen and oxygen atoms in total. The molecule has 2 aromatic rings. The van der Waals surface area contributed by atoms with E-state index in [2.05, 4.69) is 21.9 Å². The second-order valence-electron chi connectivity index (χ2n) is 8.10. The lowest BCUT2D eigenvalue weighted by Gasteiger charge is -2.24. The minimum atomic E-state index is -1.57. The smallest absolute Gasteiger partial charge is 0.151 e. The van der Waals surface area contributed by atoms with Gasteiger partial charge in [0, 0.05) is 52.7 Å². The van der Waals surface area contributed by atoms with Crippen LogP contribution in [0.5, 0.6) is 0 Å². The van der Waals surface area contributed by atoms with Crippen LogP contribution in [0.3, 0.4) is 0 Å². The van der Waals surface area contributed by atoms with Crippen LogP contribution in [0, 0.1) is 5.82 Å². The highest BCUT2D eigenvalue weighted by atomic mass is 32.2. The number of rotatable bonds is 10. The van der Waals surface area contributed by atoms with Crippen LogP contribution >= 0.6 is 0 Å². The topological polar surface area (TPSA) is 96.3 Å². The van der Waals surface area contributed by atoms with E-state index in [1.165, 1.54) is 35.2 Å². The molecular weight excluding hydrogens is 537 g/mol. The quantitative estimate of drug-likeness (QED) is 0.288. The van der Waals surface area contributed by atoms with Crippen LogP contribution in [0.1, 0.15) is 49.2 Å². The molecule has 2 heterocycles. The Balaban J connectivity index is 0.00000161. The van der Waals surface area contributed by atoms with Gasteiger partial charge in [0.25, 0.3) is 0 Å². The van der Waals surface area contributed by atoms with Crippen molar-refractivity contribution < 1.29 is 26.7 Å². The largest absolute Gasteiger partial charge is 0.397 e. The van der Waals surface area contributed by atoms with Crippen LogP contribution in [0.2, 0.25) is 0 Å². The number of aromatic nitrogens is 2. The molecule has 12 heteroatoms. The Morgan fingerprint density at radius 3 is 2.71 bits per heavy atom. The number of fused-ring (bicyclic) bond motifs is 1. The third kappa shape index (κ3) is 8.98. The zero-order valence-corrected chi connectivity index (χ0v) is 23.2. The van der Waals surface area contributed by atoms with E-state index >= 15 is 0 Å². The second kappa shape index (κ2) is 15.7. The van der Waals surface area contributed by atoms with Crippen molar-refractivity contribution in [1.29, 1.82) is 0 Å². The standard InChI is InChI=1S/C24H27F3N4O2S2.C2H6O/c1-4-19(25)13-22(27)16(3)31-24-18(11-17-7-6-8-20(26)12-17)14-34(32)15-21(24)23(29-31)9-10-35(33)30-28-5-2;1-2-3/h4,6-10,12-13,18,28,30H,3,5,11,14-15H2,1-2H3;3H,2H2,1H3/b10-9+,19-4+,22-13+;. The van der Waals surface area contributed by atoms with E-state index in [0.717, 1.165) is 6.08 Å². The van der Waals surface area contributed by atoms with Gasteiger partial charge in [-0.2, -0.15) is 9.93 Å². The van der Waals surface area contributed by atoms with Crippen LogP contribution in [0.15, 0.2) is 60.1 Å². The molecule has 38 heavy (non-hydrogen) atoms. The van der Waals surface area contributed by atoms with Gasteiger partial charge in [-0.05, 0) is 44.0 Å². The summed E-state index contributed by atoms with van der Waals surface area (Å²) in [6, 6.07) is 6.07. The highest BCUT2D eigenvalue weighted by Crippen LogP contribution is 2.36. The Hall–Kier alpha value is -2.64. The third-order valence-electron chi connectivity index (χ3n) is 5.28. The van der Waals surface area contributed by atoms with Crippen molar-refractivity contribution in [2.75, 3.05) is 18.9 Å². The number of hydrazine groups is 1. The molecule has 3 rings (SSSR count). The number of nitrogens with one attached hydrogen (secondary N) is 2. The molecule has 1 aliphatic heterocycles. The van der Waals surface area contributed by atoms with E-state index in [1.807, 2.05) is 6.92 Å². The summed E-state index contributed by atoms with van der Waals surface area (Å²) in [7, 11) is -2.82. The van der Waals surface area contributed by atoms with Crippen molar-refractivity contribution in [3.05, 3.63) is 88.4 Å². The summed E-state index contributed by atoms with van der Waals surface area (Å²) in [6.45, 7) is 9.52. The van der Waals surface area contributed by atoms with Crippen LogP contribution in [-0.2, 0) is 34.0 Å². The summed E-state index contributed by atoms with van der Waals surface area (Å²) >= 11 is 0. The number of aliphatic hydroxyl groups is 1. The normalized spacial score (nSPS) is 18.6. The predicted octanol–water partition coefficient (Wildman–Crippen LogP) is 4.56. The predicted molar refractivity (Wildman–Crippen MR) is 148 cm³/mol. The molecule has 1 aromatic carbocycles. The Kier molecular flexibility index (Phi) is 13.0. The monoisotopic (exact) mass is 570 g/mol. The van der Waals surface area contributed by atoms with Crippen LogP contribution < -0.4 is 10.3 Å². The average Bonchev–Trinajstić information content (AvgIpc) is 3.24. The van der Waals surface area contributed by atoms with Crippen LogP contribution in [-0.4, -0.2) is 42.2 Å². The molecule has 0 saturated carbocycles. The van der Waals surface area contributed by atoms with Gasteiger partial charge < -0.3 is 5.11 Å². The van der Waals surface area contributed by atoms with E-state index in [0.29, 0.717) is 41.6 Å². The average molecular weight is 571 g/mol. The van der Waals surface area contributed by atoms with Gasteiger partial charge in [0.15, 0.2) is 5.83 Å². The minimum Gasteiger partial charge on any atom is -0.397 e. The maximum Gasteiger partial charge on any atom is 0.151 e. The molecule has 0 aliphatic carbocycles. The van der Waals surface area contributed by atoms with Crippen LogP contribution in [0.4, 0.5) is 13.2 Å². The Labute approximate surface area is 226 Å². The number of halogens is 3. The van der Waals surface area contributed by atoms with E-state index in [1.54, 1.807) is 19.1 Å². The van der Waals surface area contributed by atoms with Crippen molar-refractivity contribution in [2.45, 2.75) is 38.9 Å². The maximum absolute atomic E-state index is 14.9. The molecule has 3 N–H and O–H groups in total. The first kappa shape index (κ1) is 31.6. The Morgan fingerprint density at radius 2 is 2.08 bits per heavy atom. The molecule has 3 atom stereocenters. The molecule has 0 bridgehead atoms. The zero-order valence-electron chi connectivity index (χ0n) is 21.5. The van der Waals surface area contributed by atoms with E-state index in [-0.39, 0.29) is 23.8 Å². The highest BCUT2D eigenvalue weighted by Gasteiger charge is 2.33. The summed E-state index contributed by atoms with van der Waals surface area (Å²) in [6.07, 6.45) is 3.66. The summed E-state index contributed by atoms with van der Waals surface area (Å²) in [5.74, 6) is -2.06. The van der Waals surface area contributed by atoms with Gasteiger partial charge >= 0.3 is 0 Å². The van der Waals surface area contributed by atoms with Gasteiger partial charge in [-0.25, -0.2) is 27.5 Å². The summed E-state index contributed by atoms with van der Waals surface area (Å²) in [4.78, 5) is 2.58. The first-order chi connectivity index (χ1) is 18.1. The molecule has 0 saturated heterocycles. The van der Waals surface area contributed by atoms with E-state index in [9.17, 15) is 21.6 Å². The van der Waals surface area contributed by atoms with E-state index in [4.69, 9.17) is 5.11 Å². The van der Waals surface area contributed by atoms with Gasteiger partial charge in [-0.3, -0.25) is 4.21 Å². The molecule has 1 aromatic heterocycles. The molecule has 3 unspecified atom stereocenters. The Morgan fingerprint density at radius 1 is 1.37 bits per heavy atom. The number of aliphatic hydroxyl groups excluding tert-OH is 1. The minimum absolute atomic E-state index is 0.157. The number of hydrogen-bond acceptors (Lipinski definition) is 5. The number of allylic oxidation sites excluding steroid dienone is 5. The fourth-order valence-electron chi connectivity index (χ4n) is 3.71. The first-order valence-corrected chi connectivity index (χ1v) is 14.6. The maximum atomic E-state index is 14.9. The molecule has 208 valence electrons. The Bertz CT molecular complexity index is 1260. The van der Waals surface area contributed by atoms with Crippen LogP contribution in [0.25, 0.3) is 11.8 Å². The van der Waals surface area contributed by atoms with Gasteiger partial charge in [-0.15, -0.1) is 0 Å². The third-order valence-corrected chi connectivity index (χ3v) is 7.39. The van der Waals surface area contributed by atoms with Gasteiger partial charge in [-0.1, -0.05) is 31.7 Å². The molecule has 0 fully saturated rings. The molecule has 0 amide bonds. The summed E-state index contributed by atoms with van der Waals surface area (Å²) < 4.78 is 68.5. The van der Waals surface area contributed by atoms with Crippen molar-refractivity contribution >= 4 is 33.6 Å². The lowest BCUT2D eigenvalue weighted by atomic mass is 9.94. The fraction of sp³-hybridized carbons (Fsp3) is 0.346. The van der Waals surface area contributed by atoms with Gasteiger partial charge in [0.2, 0.25) is 0 Å². The number of benzene rings is 1. The van der Waals surface area contributed by atoms with Crippen molar-refractivity contribution in [2.24, 2.45) is 0 Å². The van der Waals surface area contributed by atoms with Crippen molar-refractivity contribution in [3.8, 4) is 0 Å². The molecule has 1 aliphatic rings. The lowest BCUT2D eigenvalue weighted by Crippen LogP contribution is -2.31. The second-order valence-corrected chi connectivity index (χ2v) is 10.7.